The zero-order valence-electron chi connectivity index (χ0n) is 22.6. The zero-order valence-corrected chi connectivity index (χ0v) is 24.1. The molecule has 0 spiro atoms. The number of anilines is 1. The lowest BCUT2D eigenvalue weighted by Gasteiger charge is -2.46. The van der Waals surface area contributed by atoms with Gasteiger partial charge in [-0.3, -0.25) is 14.6 Å². The number of amides is 1. The summed E-state index contributed by atoms with van der Waals surface area (Å²) in [5.74, 6) is 0.108. The van der Waals surface area contributed by atoms with Gasteiger partial charge in [0.2, 0.25) is 0 Å². The number of benzene rings is 2. The van der Waals surface area contributed by atoms with Gasteiger partial charge in [0.05, 0.1) is 10.6 Å². The maximum absolute atomic E-state index is 13.3. The molecule has 5 nitrogen and oxygen atoms in total. The summed E-state index contributed by atoms with van der Waals surface area (Å²) in [6.07, 6.45) is 7.18. The fraction of sp³-hybridized carbons (Fsp3) is 0.581. The SMILES string of the molecule is CC(CCC(C)N1CC2CCC(C1)N2c1ccc(Cl)cc1)N1CC2CCC(C1)N2C(=O)c1ccccc1Cl. The van der Waals surface area contributed by atoms with Gasteiger partial charge in [0.1, 0.15) is 0 Å². The van der Waals surface area contributed by atoms with Gasteiger partial charge in [0.25, 0.3) is 5.91 Å². The van der Waals surface area contributed by atoms with E-state index in [1.807, 2.05) is 36.4 Å². The van der Waals surface area contributed by atoms with E-state index in [9.17, 15) is 4.79 Å². The van der Waals surface area contributed by atoms with Crippen molar-refractivity contribution < 1.29 is 4.79 Å². The highest BCUT2D eigenvalue weighted by molar-refractivity contribution is 6.33. The average molecular weight is 556 g/mol. The standard InChI is InChI=1S/C31H40Cl2N4O/c1-21(34-17-25-13-14-26(18-34)36(25)24-11-9-23(32)10-12-24)7-8-22(2)35-19-27-15-16-28(20-35)37(27)31(38)29-5-3-4-6-30(29)33/h3-6,9-12,21-22,25-28H,7-8,13-20H2,1-2H3. The number of hydrogen-bond donors (Lipinski definition) is 0. The monoisotopic (exact) mass is 554 g/mol. The number of carbonyl (C=O) groups excluding carboxylic acids is 1. The summed E-state index contributed by atoms with van der Waals surface area (Å²) in [6, 6.07) is 18.8. The first-order valence-corrected chi connectivity index (χ1v) is 15.2. The number of carbonyl (C=O) groups is 1. The van der Waals surface area contributed by atoms with Crippen LogP contribution in [0.15, 0.2) is 48.5 Å². The zero-order chi connectivity index (χ0) is 26.4. The summed E-state index contributed by atoms with van der Waals surface area (Å²) in [6.45, 7) is 9.08. The molecule has 0 aliphatic carbocycles. The van der Waals surface area contributed by atoms with Crippen molar-refractivity contribution in [3.63, 3.8) is 0 Å². The van der Waals surface area contributed by atoms with Crippen LogP contribution < -0.4 is 4.90 Å². The van der Waals surface area contributed by atoms with Crippen LogP contribution in [0.2, 0.25) is 10.0 Å². The Morgan fingerprint density at radius 2 is 1.26 bits per heavy atom. The van der Waals surface area contributed by atoms with Gasteiger partial charge in [0.15, 0.2) is 0 Å². The maximum Gasteiger partial charge on any atom is 0.255 e. The van der Waals surface area contributed by atoms with E-state index in [-0.39, 0.29) is 5.91 Å². The van der Waals surface area contributed by atoms with Gasteiger partial charge in [0, 0.05) is 73.1 Å². The lowest BCUT2D eigenvalue weighted by Crippen LogP contribution is -2.58. The molecule has 4 aliphatic heterocycles. The molecule has 6 unspecified atom stereocenters. The number of rotatable bonds is 7. The van der Waals surface area contributed by atoms with Crippen molar-refractivity contribution in [2.75, 3.05) is 31.1 Å². The highest BCUT2D eigenvalue weighted by Crippen LogP contribution is 2.37. The summed E-state index contributed by atoms with van der Waals surface area (Å²) in [5.41, 5.74) is 1.97. The molecule has 0 radical (unpaired) electrons. The Morgan fingerprint density at radius 1 is 0.763 bits per heavy atom. The summed E-state index contributed by atoms with van der Waals surface area (Å²) in [7, 11) is 0. The second-order valence-electron chi connectivity index (χ2n) is 12.0. The summed E-state index contributed by atoms with van der Waals surface area (Å²) in [5, 5.41) is 1.37. The number of fused-ring (bicyclic) bond motifs is 4. The topological polar surface area (TPSA) is 30.0 Å². The second kappa shape index (κ2) is 11.0. The third-order valence-corrected chi connectivity index (χ3v) is 10.3. The van der Waals surface area contributed by atoms with Crippen LogP contribution in [0.5, 0.6) is 0 Å². The highest BCUT2D eigenvalue weighted by atomic mass is 35.5. The molecule has 2 aromatic rings. The van der Waals surface area contributed by atoms with Crippen molar-refractivity contribution in [3.05, 3.63) is 64.1 Å². The van der Waals surface area contributed by atoms with Crippen molar-refractivity contribution in [2.24, 2.45) is 0 Å². The first-order chi connectivity index (χ1) is 18.4. The van der Waals surface area contributed by atoms with Crippen LogP contribution in [0.25, 0.3) is 0 Å². The van der Waals surface area contributed by atoms with Gasteiger partial charge in [-0.25, -0.2) is 0 Å². The lowest BCUT2D eigenvalue weighted by atomic mass is 10.0. The molecular weight excluding hydrogens is 515 g/mol. The largest absolute Gasteiger partial charge is 0.363 e. The number of halogens is 2. The van der Waals surface area contributed by atoms with Crippen LogP contribution in [-0.4, -0.2) is 83.0 Å². The van der Waals surface area contributed by atoms with Crippen LogP contribution in [0.4, 0.5) is 5.69 Å². The van der Waals surface area contributed by atoms with Crippen molar-refractivity contribution in [2.45, 2.75) is 88.6 Å². The van der Waals surface area contributed by atoms with Gasteiger partial charge in [-0.05, 0) is 88.8 Å². The highest BCUT2D eigenvalue weighted by Gasteiger charge is 2.44. The Balaban J connectivity index is 1.02. The molecule has 6 rings (SSSR count). The van der Waals surface area contributed by atoms with E-state index in [2.05, 4.69) is 45.6 Å². The minimum absolute atomic E-state index is 0.108. The molecule has 2 aromatic carbocycles. The van der Waals surface area contributed by atoms with Gasteiger partial charge in [-0.15, -0.1) is 0 Å². The van der Waals surface area contributed by atoms with Crippen LogP contribution in [0.1, 0.15) is 62.7 Å². The number of hydrogen-bond acceptors (Lipinski definition) is 4. The predicted molar refractivity (Wildman–Crippen MR) is 156 cm³/mol. The third-order valence-electron chi connectivity index (χ3n) is 9.73. The van der Waals surface area contributed by atoms with E-state index >= 15 is 0 Å². The molecule has 4 heterocycles. The Kier molecular flexibility index (Phi) is 7.65. The summed E-state index contributed by atoms with van der Waals surface area (Å²) in [4.78, 5) is 23.5. The van der Waals surface area contributed by atoms with Crippen molar-refractivity contribution in [1.29, 1.82) is 0 Å². The molecule has 4 aliphatic rings. The van der Waals surface area contributed by atoms with E-state index in [4.69, 9.17) is 23.2 Å². The number of nitrogens with zero attached hydrogens (tertiary/aromatic N) is 4. The molecule has 0 aromatic heterocycles. The third kappa shape index (κ3) is 5.08. The predicted octanol–water partition coefficient (Wildman–Crippen LogP) is 6.19. The quantitative estimate of drug-likeness (QED) is 0.408. The van der Waals surface area contributed by atoms with E-state index in [1.54, 1.807) is 0 Å². The second-order valence-corrected chi connectivity index (χ2v) is 12.9. The molecule has 7 heteroatoms. The van der Waals surface area contributed by atoms with Gasteiger partial charge in [-0.2, -0.15) is 0 Å². The van der Waals surface area contributed by atoms with Gasteiger partial charge < -0.3 is 9.80 Å². The van der Waals surface area contributed by atoms with E-state index in [1.165, 1.54) is 31.4 Å². The molecule has 4 bridgehead atoms. The fourth-order valence-electron chi connectivity index (χ4n) is 7.58. The van der Waals surface area contributed by atoms with Crippen molar-refractivity contribution >= 4 is 34.8 Å². The average Bonchev–Trinajstić information content (AvgIpc) is 3.33. The van der Waals surface area contributed by atoms with Crippen LogP contribution >= 0.6 is 23.2 Å². The van der Waals surface area contributed by atoms with Crippen molar-refractivity contribution in [1.82, 2.24) is 14.7 Å². The molecule has 0 saturated carbocycles. The van der Waals surface area contributed by atoms with Crippen LogP contribution in [-0.2, 0) is 0 Å². The molecule has 38 heavy (non-hydrogen) atoms. The Bertz CT molecular complexity index is 1110. The number of piperazine rings is 2. The van der Waals surface area contributed by atoms with Crippen molar-refractivity contribution in [3.8, 4) is 0 Å². The molecule has 6 atom stereocenters. The van der Waals surface area contributed by atoms with Gasteiger partial charge >= 0.3 is 0 Å². The molecule has 204 valence electrons. The smallest absolute Gasteiger partial charge is 0.255 e. The Morgan fingerprint density at radius 3 is 1.82 bits per heavy atom. The summed E-state index contributed by atoms with van der Waals surface area (Å²) >= 11 is 12.5. The maximum atomic E-state index is 13.3. The molecule has 4 saturated heterocycles. The minimum atomic E-state index is 0.108. The van der Waals surface area contributed by atoms with Gasteiger partial charge in [-0.1, -0.05) is 35.3 Å². The van der Waals surface area contributed by atoms with Crippen LogP contribution in [0, 0.1) is 0 Å². The number of likely N-dealkylation sites (tertiary alicyclic amines) is 2. The fourth-order valence-corrected chi connectivity index (χ4v) is 7.92. The van der Waals surface area contributed by atoms with Crippen LogP contribution in [0.3, 0.4) is 0 Å². The molecular formula is C31H40Cl2N4O. The molecule has 0 N–H and O–H groups in total. The van der Waals surface area contributed by atoms with E-state index in [0.717, 1.165) is 44.0 Å². The Hall–Kier alpha value is -1.79. The Labute approximate surface area is 237 Å². The lowest BCUT2D eigenvalue weighted by molar-refractivity contribution is 0.0303. The normalized spacial score (nSPS) is 29.1. The summed E-state index contributed by atoms with van der Waals surface area (Å²) < 4.78 is 0. The van der Waals surface area contributed by atoms with E-state index in [0.29, 0.717) is 46.8 Å². The minimum Gasteiger partial charge on any atom is -0.363 e. The van der Waals surface area contributed by atoms with E-state index < -0.39 is 0 Å². The molecule has 4 fully saturated rings. The first-order valence-electron chi connectivity index (χ1n) is 14.5. The molecule has 1 amide bonds. The first kappa shape index (κ1) is 26.4.